The second-order valence-corrected chi connectivity index (χ2v) is 7.33. The molecule has 0 unspecified atom stereocenters. The van der Waals surface area contributed by atoms with Crippen LogP contribution >= 0.6 is 0 Å². The van der Waals surface area contributed by atoms with E-state index in [1.165, 1.54) is 11.3 Å². The molecule has 1 aromatic heterocycles. The van der Waals surface area contributed by atoms with E-state index in [1.54, 1.807) is 19.2 Å². The molecule has 1 saturated heterocycles. The van der Waals surface area contributed by atoms with Gasteiger partial charge in [-0.05, 0) is 56.1 Å². The summed E-state index contributed by atoms with van der Waals surface area (Å²) in [6.07, 6.45) is 2.05. The van der Waals surface area contributed by atoms with Gasteiger partial charge in [-0.3, -0.25) is 9.69 Å². The van der Waals surface area contributed by atoms with Crippen molar-refractivity contribution in [3.05, 3.63) is 53.5 Å². The minimum atomic E-state index is -0.158. The summed E-state index contributed by atoms with van der Waals surface area (Å²) in [5, 5.41) is 2.93. The van der Waals surface area contributed by atoms with Crippen LogP contribution in [0.1, 0.15) is 34.7 Å². The molecule has 6 heteroatoms. The topological polar surface area (TPSA) is 58.0 Å². The van der Waals surface area contributed by atoms with Gasteiger partial charge in [0.2, 0.25) is 0 Å². The second kappa shape index (κ2) is 10.3. The minimum Gasteiger partial charge on any atom is -0.453 e. The number of furan rings is 1. The lowest BCUT2D eigenvalue weighted by molar-refractivity contribution is 0.0916. The van der Waals surface area contributed by atoms with E-state index in [2.05, 4.69) is 46.3 Å². The van der Waals surface area contributed by atoms with E-state index in [9.17, 15) is 4.79 Å². The quantitative estimate of drug-likeness (QED) is 0.673. The normalized spacial score (nSPS) is 15.0. The fourth-order valence-corrected chi connectivity index (χ4v) is 3.52. The van der Waals surface area contributed by atoms with E-state index in [4.69, 9.17) is 9.15 Å². The van der Waals surface area contributed by atoms with Gasteiger partial charge in [-0.2, -0.15) is 0 Å². The van der Waals surface area contributed by atoms with Gasteiger partial charge in [0, 0.05) is 45.5 Å². The van der Waals surface area contributed by atoms with E-state index in [1.807, 2.05) is 0 Å². The van der Waals surface area contributed by atoms with Gasteiger partial charge in [0.15, 0.2) is 5.76 Å². The van der Waals surface area contributed by atoms with Crippen LogP contribution in [0.4, 0.5) is 5.69 Å². The lowest BCUT2D eigenvalue weighted by Crippen LogP contribution is -2.46. The van der Waals surface area contributed by atoms with Crippen LogP contribution in [0.15, 0.2) is 40.8 Å². The molecule has 0 saturated carbocycles. The molecule has 152 valence electrons. The van der Waals surface area contributed by atoms with Gasteiger partial charge in [-0.1, -0.05) is 12.1 Å². The van der Waals surface area contributed by atoms with Gasteiger partial charge in [0.05, 0.1) is 0 Å². The van der Waals surface area contributed by atoms with Gasteiger partial charge in [0.25, 0.3) is 5.91 Å². The summed E-state index contributed by atoms with van der Waals surface area (Å²) in [6.45, 7) is 8.60. The Bertz CT molecular complexity index is 751. The van der Waals surface area contributed by atoms with Gasteiger partial charge in [-0.25, -0.2) is 0 Å². The van der Waals surface area contributed by atoms with Crippen LogP contribution in [0.25, 0.3) is 0 Å². The predicted molar refractivity (Wildman–Crippen MR) is 111 cm³/mol. The predicted octanol–water partition coefficient (Wildman–Crippen LogP) is 3.07. The molecule has 1 N–H and O–H groups in total. The largest absolute Gasteiger partial charge is 0.453 e. The fraction of sp³-hybridized carbons (Fsp3) is 0.500. The van der Waals surface area contributed by atoms with Crippen molar-refractivity contribution in [1.29, 1.82) is 0 Å². The number of ether oxygens (including phenoxy) is 1. The lowest BCUT2D eigenvalue weighted by Gasteiger charge is -2.36. The summed E-state index contributed by atoms with van der Waals surface area (Å²) < 4.78 is 10.4. The highest BCUT2D eigenvalue weighted by Crippen LogP contribution is 2.18. The zero-order valence-corrected chi connectivity index (χ0v) is 16.9. The number of amides is 1. The SMILES string of the molecule is COCc1ccc(C(=O)NCCCCN2CCN(c3cccc(C)c3)CC2)o1. The Morgan fingerprint density at radius 3 is 2.71 bits per heavy atom. The smallest absolute Gasteiger partial charge is 0.286 e. The molecule has 1 fully saturated rings. The maximum absolute atomic E-state index is 12.1. The first-order valence-corrected chi connectivity index (χ1v) is 10.1. The summed E-state index contributed by atoms with van der Waals surface area (Å²) in [5.41, 5.74) is 2.64. The molecule has 0 spiro atoms. The molecule has 3 rings (SSSR count). The molecule has 6 nitrogen and oxygen atoms in total. The number of nitrogens with one attached hydrogen (secondary N) is 1. The number of anilines is 1. The standard InChI is InChI=1S/C22H31N3O3/c1-18-6-5-7-19(16-18)25-14-12-24(13-15-25)11-4-3-10-23-22(26)21-9-8-20(28-21)17-27-2/h5-9,16H,3-4,10-15,17H2,1-2H3,(H,23,26). The third kappa shape index (κ3) is 5.84. The molecular formula is C22H31N3O3. The van der Waals surface area contributed by atoms with Crippen LogP contribution in [-0.2, 0) is 11.3 Å². The monoisotopic (exact) mass is 385 g/mol. The van der Waals surface area contributed by atoms with E-state index in [-0.39, 0.29) is 5.91 Å². The summed E-state index contributed by atoms with van der Waals surface area (Å²) in [7, 11) is 1.60. The number of hydrogen-bond donors (Lipinski definition) is 1. The molecule has 0 radical (unpaired) electrons. The lowest BCUT2D eigenvalue weighted by atomic mass is 10.2. The van der Waals surface area contributed by atoms with Crippen LogP contribution in [0.2, 0.25) is 0 Å². The average molecular weight is 386 g/mol. The number of rotatable bonds is 9. The molecule has 0 aliphatic carbocycles. The number of carbonyl (C=O) groups excluding carboxylic acids is 1. The molecular weight excluding hydrogens is 354 g/mol. The summed E-state index contributed by atoms with van der Waals surface area (Å²) in [6, 6.07) is 12.2. The molecule has 2 aromatic rings. The van der Waals surface area contributed by atoms with Crippen molar-refractivity contribution in [3.8, 4) is 0 Å². The van der Waals surface area contributed by atoms with Crippen LogP contribution in [0.3, 0.4) is 0 Å². The number of piperazine rings is 1. The highest BCUT2D eigenvalue weighted by atomic mass is 16.5. The highest BCUT2D eigenvalue weighted by molar-refractivity contribution is 5.91. The Kier molecular flexibility index (Phi) is 7.51. The summed E-state index contributed by atoms with van der Waals surface area (Å²) >= 11 is 0. The Labute approximate surface area is 167 Å². The number of aryl methyl sites for hydroxylation is 1. The van der Waals surface area contributed by atoms with Gasteiger partial charge >= 0.3 is 0 Å². The Morgan fingerprint density at radius 1 is 1.14 bits per heavy atom. The van der Waals surface area contributed by atoms with Crippen molar-refractivity contribution in [2.24, 2.45) is 0 Å². The molecule has 2 heterocycles. The van der Waals surface area contributed by atoms with E-state index < -0.39 is 0 Å². The number of carbonyl (C=O) groups is 1. The number of unbranched alkanes of at least 4 members (excludes halogenated alkanes) is 1. The number of methoxy groups -OCH3 is 1. The Balaban J connectivity index is 1.29. The van der Waals surface area contributed by atoms with Gasteiger partial charge in [-0.15, -0.1) is 0 Å². The van der Waals surface area contributed by atoms with Gasteiger partial charge in [0.1, 0.15) is 12.4 Å². The van der Waals surface area contributed by atoms with Crippen LogP contribution < -0.4 is 10.2 Å². The van der Waals surface area contributed by atoms with Crippen LogP contribution in [-0.4, -0.2) is 57.2 Å². The van der Waals surface area contributed by atoms with Crippen molar-refractivity contribution in [2.75, 3.05) is 51.3 Å². The van der Waals surface area contributed by atoms with Crippen LogP contribution in [0.5, 0.6) is 0 Å². The molecule has 0 atom stereocenters. The first kappa shape index (κ1) is 20.4. The Morgan fingerprint density at radius 2 is 1.96 bits per heavy atom. The molecule has 1 aliphatic rings. The highest BCUT2D eigenvalue weighted by Gasteiger charge is 2.17. The third-order valence-electron chi connectivity index (χ3n) is 5.10. The van der Waals surface area contributed by atoms with Gasteiger partial charge < -0.3 is 19.4 Å². The fourth-order valence-electron chi connectivity index (χ4n) is 3.52. The minimum absolute atomic E-state index is 0.158. The Hall–Kier alpha value is -2.31. The molecule has 1 amide bonds. The summed E-state index contributed by atoms with van der Waals surface area (Å²) in [5.74, 6) is 0.853. The molecule has 0 bridgehead atoms. The second-order valence-electron chi connectivity index (χ2n) is 7.33. The zero-order valence-electron chi connectivity index (χ0n) is 16.9. The molecule has 1 aromatic carbocycles. The molecule has 28 heavy (non-hydrogen) atoms. The third-order valence-corrected chi connectivity index (χ3v) is 5.10. The van der Waals surface area contributed by atoms with Crippen LogP contribution in [0, 0.1) is 6.92 Å². The average Bonchev–Trinajstić information content (AvgIpc) is 3.17. The van der Waals surface area contributed by atoms with Crippen molar-refractivity contribution in [1.82, 2.24) is 10.2 Å². The van der Waals surface area contributed by atoms with Crippen molar-refractivity contribution >= 4 is 11.6 Å². The maximum Gasteiger partial charge on any atom is 0.286 e. The summed E-state index contributed by atoms with van der Waals surface area (Å²) in [4.78, 5) is 17.0. The maximum atomic E-state index is 12.1. The first-order chi connectivity index (χ1) is 13.7. The van der Waals surface area contributed by atoms with E-state index in [0.717, 1.165) is 45.6 Å². The van der Waals surface area contributed by atoms with Crippen molar-refractivity contribution < 1.29 is 13.9 Å². The van der Waals surface area contributed by atoms with E-state index >= 15 is 0 Å². The zero-order chi connectivity index (χ0) is 19.8. The molecule has 1 aliphatic heterocycles. The number of hydrogen-bond acceptors (Lipinski definition) is 5. The van der Waals surface area contributed by atoms with Crippen molar-refractivity contribution in [3.63, 3.8) is 0 Å². The van der Waals surface area contributed by atoms with Crippen molar-refractivity contribution in [2.45, 2.75) is 26.4 Å². The first-order valence-electron chi connectivity index (χ1n) is 10.1. The number of benzene rings is 1. The van der Waals surface area contributed by atoms with E-state index in [0.29, 0.717) is 24.7 Å². The number of nitrogens with zero attached hydrogens (tertiary/aromatic N) is 2.